The molecule has 0 spiro atoms. The molecule has 0 aliphatic carbocycles. The molecule has 0 N–H and O–H groups in total. The fourth-order valence-corrected chi connectivity index (χ4v) is 3.84. The largest absolute Gasteiger partial charge is 0.472 e. The number of hydrogen-bond acceptors (Lipinski definition) is 2. The van der Waals surface area contributed by atoms with Crippen LogP contribution in [-0.4, -0.2) is 27.7 Å². The summed E-state index contributed by atoms with van der Waals surface area (Å²) in [5.74, 6) is 0.139. The summed E-state index contributed by atoms with van der Waals surface area (Å²) in [7, 11) is 0. The predicted octanol–water partition coefficient (Wildman–Crippen LogP) is 2.81. The summed E-state index contributed by atoms with van der Waals surface area (Å²) >= 11 is 3.68. The van der Waals surface area contributed by atoms with Gasteiger partial charge in [0, 0.05) is 16.9 Å². The lowest BCUT2D eigenvalue weighted by molar-refractivity contribution is 0.0603. The first-order chi connectivity index (χ1) is 7.75. The molecule has 1 amide bonds. The molecule has 1 aromatic rings. The van der Waals surface area contributed by atoms with Crippen molar-refractivity contribution in [2.45, 2.75) is 42.6 Å². The van der Waals surface area contributed by atoms with E-state index in [1.165, 1.54) is 0 Å². The predicted molar refractivity (Wildman–Crippen MR) is 63.6 cm³/mol. The van der Waals surface area contributed by atoms with E-state index in [4.69, 9.17) is 4.42 Å². The molecule has 2 bridgehead atoms. The lowest BCUT2D eigenvalue weighted by Crippen LogP contribution is -2.46. The average molecular weight is 284 g/mol. The molecule has 2 fully saturated rings. The van der Waals surface area contributed by atoms with Crippen molar-refractivity contribution in [3.8, 4) is 0 Å². The second kappa shape index (κ2) is 3.91. The Morgan fingerprint density at radius 3 is 2.62 bits per heavy atom. The number of carbonyl (C=O) groups is 1. The van der Waals surface area contributed by atoms with E-state index in [9.17, 15) is 4.79 Å². The zero-order chi connectivity index (χ0) is 11.1. The second-order valence-electron chi connectivity index (χ2n) is 4.68. The maximum atomic E-state index is 12.3. The lowest BCUT2D eigenvalue weighted by Gasteiger charge is -2.37. The van der Waals surface area contributed by atoms with E-state index in [2.05, 4.69) is 20.8 Å². The van der Waals surface area contributed by atoms with E-state index in [1.54, 1.807) is 18.6 Å². The van der Waals surface area contributed by atoms with E-state index in [-0.39, 0.29) is 5.91 Å². The molecule has 0 radical (unpaired) electrons. The van der Waals surface area contributed by atoms with Crippen LogP contribution in [0.15, 0.2) is 23.0 Å². The molecule has 2 aliphatic heterocycles. The summed E-state index contributed by atoms with van der Waals surface area (Å²) in [6.45, 7) is 0. The lowest BCUT2D eigenvalue weighted by atomic mass is 10.0. The number of hydrogen-bond donors (Lipinski definition) is 0. The summed E-state index contributed by atoms with van der Waals surface area (Å²) in [5.41, 5.74) is 0.685. The third-order valence-electron chi connectivity index (χ3n) is 3.68. The van der Waals surface area contributed by atoms with Gasteiger partial charge in [-0.3, -0.25) is 4.79 Å². The highest BCUT2D eigenvalue weighted by atomic mass is 79.9. The Morgan fingerprint density at radius 2 is 2.06 bits per heavy atom. The minimum atomic E-state index is 0.139. The highest BCUT2D eigenvalue weighted by molar-refractivity contribution is 9.09. The van der Waals surface area contributed by atoms with E-state index >= 15 is 0 Å². The SMILES string of the molecule is O=C(c1ccoc1)N1C2CCC1CC(Br)C2. The normalized spacial score (nSPS) is 33.1. The number of furan rings is 1. The van der Waals surface area contributed by atoms with Gasteiger partial charge < -0.3 is 9.32 Å². The van der Waals surface area contributed by atoms with Crippen LogP contribution in [0.3, 0.4) is 0 Å². The molecule has 3 heterocycles. The Balaban J connectivity index is 1.84. The first-order valence-electron chi connectivity index (χ1n) is 5.74. The molecule has 2 atom stereocenters. The van der Waals surface area contributed by atoms with Crippen LogP contribution in [0.2, 0.25) is 0 Å². The third-order valence-corrected chi connectivity index (χ3v) is 4.43. The van der Waals surface area contributed by atoms with Crippen LogP contribution in [0.5, 0.6) is 0 Å². The summed E-state index contributed by atoms with van der Waals surface area (Å²) < 4.78 is 4.98. The molecule has 0 aromatic carbocycles. The zero-order valence-electron chi connectivity index (χ0n) is 8.93. The Morgan fingerprint density at radius 1 is 1.38 bits per heavy atom. The number of piperidine rings is 1. The van der Waals surface area contributed by atoms with Crippen molar-refractivity contribution in [3.63, 3.8) is 0 Å². The van der Waals surface area contributed by atoms with Gasteiger partial charge in [0.05, 0.1) is 11.8 Å². The molecule has 16 heavy (non-hydrogen) atoms. The number of nitrogens with zero attached hydrogens (tertiary/aromatic N) is 1. The summed E-state index contributed by atoms with van der Waals surface area (Å²) in [4.78, 5) is 14.9. The van der Waals surface area contributed by atoms with Gasteiger partial charge in [-0.2, -0.15) is 0 Å². The van der Waals surface area contributed by atoms with Crippen LogP contribution in [0.1, 0.15) is 36.0 Å². The maximum Gasteiger partial charge on any atom is 0.257 e. The number of alkyl halides is 1. The number of carbonyl (C=O) groups excluding carboxylic acids is 1. The Kier molecular flexibility index (Phi) is 2.54. The fourth-order valence-electron chi connectivity index (χ4n) is 2.98. The van der Waals surface area contributed by atoms with Crippen molar-refractivity contribution in [2.75, 3.05) is 0 Å². The minimum absolute atomic E-state index is 0.139. The molecule has 4 heteroatoms. The molecule has 1 aromatic heterocycles. The topological polar surface area (TPSA) is 33.5 Å². The highest BCUT2D eigenvalue weighted by Crippen LogP contribution is 2.39. The van der Waals surface area contributed by atoms with Gasteiger partial charge in [-0.1, -0.05) is 15.9 Å². The minimum Gasteiger partial charge on any atom is -0.472 e. The van der Waals surface area contributed by atoms with Crippen LogP contribution < -0.4 is 0 Å². The van der Waals surface area contributed by atoms with Crippen LogP contribution in [0.4, 0.5) is 0 Å². The van der Waals surface area contributed by atoms with Crippen molar-refractivity contribution >= 4 is 21.8 Å². The Bertz CT molecular complexity index is 376. The van der Waals surface area contributed by atoms with Gasteiger partial charge in [0.2, 0.25) is 0 Å². The van der Waals surface area contributed by atoms with Crippen LogP contribution >= 0.6 is 15.9 Å². The molecular formula is C12H14BrNO2. The van der Waals surface area contributed by atoms with E-state index in [0.29, 0.717) is 22.5 Å². The summed E-state index contributed by atoms with van der Waals surface area (Å²) in [5, 5.41) is 0. The van der Waals surface area contributed by atoms with Crippen LogP contribution in [-0.2, 0) is 0 Å². The van der Waals surface area contributed by atoms with Crippen molar-refractivity contribution in [1.29, 1.82) is 0 Å². The number of fused-ring (bicyclic) bond motifs is 2. The Labute approximate surface area is 103 Å². The second-order valence-corrected chi connectivity index (χ2v) is 5.97. The standard InChI is InChI=1S/C12H14BrNO2/c13-9-5-10-1-2-11(6-9)14(10)12(15)8-3-4-16-7-8/h3-4,7,9-11H,1-2,5-6H2. The molecule has 2 saturated heterocycles. The van der Waals surface area contributed by atoms with Crippen molar-refractivity contribution in [2.24, 2.45) is 0 Å². The van der Waals surface area contributed by atoms with Crippen molar-refractivity contribution < 1.29 is 9.21 Å². The zero-order valence-corrected chi connectivity index (χ0v) is 10.5. The molecule has 86 valence electrons. The third kappa shape index (κ3) is 1.59. The van der Waals surface area contributed by atoms with Gasteiger partial charge in [0.15, 0.2) is 0 Å². The van der Waals surface area contributed by atoms with Crippen molar-refractivity contribution in [3.05, 3.63) is 24.2 Å². The van der Waals surface area contributed by atoms with E-state index < -0.39 is 0 Å². The molecule has 2 unspecified atom stereocenters. The Hall–Kier alpha value is -0.770. The van der Waals surface area contributed by atoms with Crippen molar-refractivity contribution in [1.82, 2.24) is 4.90 Å². The van der Waals surface area contributed by atoms with Crippen LogP contribution in [0, 0.1) is 0 Å². The van der Waals surface area contributed by atoms with Crippen LogP contribution in [0.25, 0.3) is 0 Å². The molecule has 3 rings (SSSR count). The van der Waals surface area contributed by atoms with Gasteiger partial charge >= 0.3 is 0 Å². The monoisotopic (exact) mass is 283 g/mol. The summed E-state index contributed by atoms with van der Waals surface area (Å²) in [6.07, 6.45) is 7.57. The quantitative estimate of drug-likeness (QED) is 0.743. The summed E-state index contributed by atoms with van der Waals surface area (Å²) in [6, 6.07) is 2.60. The first-order valence-corrected chi connectivity index (χ1v) is 6.66. The number of rotatable bonds is 1. The molecule has 3 nitrogen and oxygen atoms in total. The van der Waals surface area contributed by atoms with Gasteiger partial charge in [-0.25, -0.2) is 0 Å². The van der Waals surface area contributed by atoms with Gasteiger partial charge in [-0.15, -0.1) is 0 Å². The molecular weight excluding hydrogens is 270 g/mol. The van der Waals surface area contributed by atoms with E-state index in [1.807, 2.05) is 0 Å². The molecule has 0 saturated carbocycles. The maximum absolute atomic E-state index is 12.3. The van der Waals surface area contributed by atoms with Gasteiger partial charge in [0.1, 0.15) is 6.26 Å². The first kappa shape index (κ1) is 10.4. The fraction of sp³-hybridized carbons (Fsp3) is 0.583. The van der Waals surface area contributed by atoms with Gasteiger partial charge in [0.25, 0.3) is 5.91 Å². The van der Waals surface area contributed by atoms with Gasteiger partial charge in [-0.05, 0) is 31.7 Å². The highest BCUT2D eigenvalue weighted by Gasteiger charge is 2.42. The van der Waals surface area contributed by atoms with E-state index in [0.717, 1.165) is 25.7 Å². The smallest absolute Gasteiger partial charge is 0.257 e. The average Bonchev–Trinajstić information content (AvgIpc) is 2.85. The number of amides is 1. The number of halogens is 1. The molecule has 2 aliphatic rings.